The van der Waals surface area contributed by atoms with Gasteiger partial charge in [0.2, 0.25) is 5.95 Å². The van der Waals surface area contributed by atoms with Gasteiger partial charge in [-0.2, -0.15) is 5.10 Å². The van der Waals surface area contributed by atoms with Crippen LogP contribution in [0.2, 0.25) is 0 Å². The second-order valence-corrected chi connectivity index (χ2v) is 7.54. The van der Waals surface area contributed by atoms with Crippen molar-refractivity contribution in [3.8, 4) is 11.3 Å². The van der Waals surface area contributed by atoms with Gasteiger partial charge in [0.25, 0.3) is 0 Å². The zero-order valence-corrected chi connectivity index (χ0v) is 17.1. The van der Waals surface area contributed by atoms with Crippen molar-refractivity contribution in [2.75, 3.05) is 18.9 Å². The van der Waals surface area contributed by atoms with Crippen LogP contribution in [0.1, 0.15) is 44.7 Å². The lowest BCUT2D eigenvalue weighted by atomic mass is 10.0. The standard InChI is InChI=1S/C15H16FN5.C6H12O2/c1-8(2)14-10-5-4-9(6-12(10)20-21(14)3)13-11(16)7-18-15(17)19-13;7-6-3-1-2-4-8-5-6/h4-8H,1-3H3,(H2,17,18,19);6-7H,1-5H2. The number of nitrogens with two attached hydrogens (primary N) is 1. The number of nitrogen functional groups attached to an aromatic ring is 1. The van der Waals surface area contributed by atoms with Gasteiger partial charge in [0, 0.05) is 30.3 Å². The third kappa shape index (κ3) is 5.07. The molecule has 1 saturated heterocycles. The Balaban J connectivity index is 0.000000252. The van der Waals surface area contributed by atoms with Gasteiger partial charge in [0.05, 0.1) is 24.4 Å². The van der Waals surface area contributed by atoms with Crippen molar-refractivity contribution in [1.82, 2.24) is 19.7 Å². The number of ether oxygens (including phenoxy) is 1. The molecule has 1 aromatic carbocycles. The molecule has 0 saturated carbocycles. The van der Waals surface area contributed by atoms with E-state index >= 15 is 0 Å². The van der Waals surface area contributed by atoms with E-state index in [2.05, 4.69) is 28.9 Å². The minimum Gasteiger partial charge on any atom is -0.391 e. The number of aromatic nitrogens is 4. The number of halogens is 1. The topological polar surface area (TPSA) is 99.1 Å². The first-order valence-electron chi connectivity index (χ1n) is 9.87. The van der Waals surface area contributed by atoms with Crippen molar-refractivity contribution >= 4 is 16.9 Å². The molecule has 7 nitrogen and oxygen atoms in total. The molecule has 0 amide bonds. The third-order valence-electron chi connectivity index (χ3n) is 4.85. The first kappa shape index (κ1) is 21.1. The normalized spacial score (nSPS) is 17.1. The largest absolute Gasteiger partial charge is 0.391 e. The molecule has 1 atom stereocenters. The minimum atomic E-state index is -0.497. The highest BCUT2D eigenvalue weighted by molar-refractivity contribution is 5.86. The van der Waals surface area contributed by atoms with E-state index in [0.717, 1.165) is 48.7 Å². The molecule has 0 radical (unpaired) electrons. The predicted molar refractivity (Wildman–Crippen MR) is 111 cm³/mol. The van der Waals surface area contributed by atoms with Crippen LogP contribution in [0, 0.1) is 5.82 Å². The van der Waals surface area contributed by atoms with Crippen molar-refractivity contribution in [1.29, 1.82) is 0 Å². The number of aryl methyl sites for hydroxylation is 1. The lowest BCUT2D eigenvalue weighted by Gasteiger charge is -2.06. The molecule has 29 heavy (non-hydrogen) atoms. The van der Waals surface area contributed by atoms with E-state index in [1.807, 2.05) is 29.9 Å². The summed E-state index contributed by atoms with van der Waals surface area (Å²) in [7, 11) is 1.91. The summed E-state index contributed by atoms with van der Waals surface area (Å²) in [6, 6.07) is 5.61. The van der Waals surface area contributed by atoms with Gasteiger partial charge in [-0.05, 0) is 31.2 Å². The van der Waals surface area contributed by atoms with Gasteiger partial charge in [0.1, 0.15) is 5.69 Å². The molecule has 3 aromatic rings. The van der Waals surface area contributed by atoms with Gasteiger partial charge in [0.15, 0.2) is 5.82 Å². The van der Waals surface area contributed by atoms with E-state index in [0.29, 0.717) is 18.1 Å². The van der Waals surface area contributed by atoms with Crippen molar-refractivity contribution in [3.05, 3.63) is 35.9 Å². The average molecular weight is 401 g/mol. The summed E-state index contributed by atoms with van der Waals surface area (Å²) in [5, 5.41) is 14.5. The maximum absolute atomic E-state index is 13.9. The van der Waals surface area contributed by atoms with E-state index in [9.17, 15) is 4.39 Å². The maximum atomic E-state index is 13.9. The summed E-state index contributed by atoms with van der Waals surface area (Å²) in [5.74, 6) is -0.0868. The molecule has 1 unspecified atom stereocenters. The summed E-state index contributed by atoms with van der Waals surface area (Å²) in [6.07, 6.45) is 4.02. The molecule has 0 bridgehead atoms. The Morgan fingerprint density at radius 1 is 1.31 bits per heavy atom. The predicted octanol–water partition coefficient (Wildman–Crippen LogP) is 3.42. The van der Waals surface area contributed by atoms with Gasteiger partial charge < -0.3 is 15.6 Å². The highest BCUT2D eigenvalue weighted by Gasteiger charge is 2.15. The van der Waals surface area contributed by atoms with Crippen LogP contribution in [0.3, 0.4) is 0 Å². The summed E-state index contributed by atoms with van der Waals surface area (Å²) in [6.45, 7) is 5.61. The molecule has 0 aliphatic carbocycles. The fraction of sp³-hybridized carbons (Fsp3) is 0.476. The third-order valence-corrected chi connectivity index (χ3v) is 4.85. The first-order valence-corrected chi connectivity index (χ1v) is 9.87. The summed E-state index contributed by atoms with van der Waals surface area (Å²) in [4.78, 5) is 7.61. The number of fused-ring (bicyclic) bond motifs is 1. The van der Waals surface area contributed by atoms with E-state index in [-0.39, 0.29) is 17.7 Å². The fourth-order valence-electron chi connectivity index (χ4n) is 3.52. The van der Waals surface area contributed by atoms with Gasteiger partial charge >= 0.3 is 0 Å². The van der Waals surface area contributed by atoms with Crippen LogP contribution in [0.15, 0.2) is 24.4 Å². The Hall–Kier alpha value is -2.58. The number of anilines is 1. The first-order chi connectivity index (χ1) is 13.9. The Morgan fingerprint density at radius 3 is 2.86 bits per heavy atom. The Kier molecular flexibility index (Phi) is 6.76. The lowest BCUT2D eigenvalue weighted by molar-refractivity contribution is 0.0512. The van der Waals surface area contributed by atoms with Gasteiger partial charge in [-0.1, -0.05) is 26.0 Å². The van der Waals surface area contributed by atoms with Gasteiger partial charge in [-0.3, -0.25) is 4.68 Å². The Bertz CT molecular complexity index is 965. The van der Waals surface area contributed by atoms with E-state index in [4.69, 9.17) is 15.6 Å². The average Bonchev–Trinajstić information content (AvgIpc) is 2.82. The van der Waals surface area contributed by atoms with Crippen molar-refractivity contribution in [3.63, 3.8) is 0 Å². The number of benzene rings is 1. The summed E-state index contributed by atoms with van der Waals surface area (Å²) >= 11 is 0. The molecule has 156 valence electrons. The van der Waals surface area contributed by atoms with Crippen LogP contribution in [0.25, 0.3) is 22.2 Å². The second kappa shape index (κ2) is 9.28. The number of nitrogens with zero attached hydrogens (tertiary/aromatic N) is 4. The summed E-state index contributed by atoms with van der Waals surface area (Å²) in [5.41, 5.74) is 8.34. The number of hydrogen-bond acceptors (Lipinski definition) is 6. The number of aliphatic hydroxyl groups is 1. The number of hydrogen-bond donors (Lipinski definition) is 2. The van der Waals surface area contributed by atoms with Crippen LogP contribution in [-0.4, -0.2) is 44.2 Å². The highest BCUT2D eigenvalue weighted by atomic mass is 19.1. The van der Waals surface area contributed by atoms with Crippen LogP contribution in [-0.2, 0) is 11.8 Å². The molecule has 1 fully saturated rings. The molecule has 1 aliphatic rings. The van der Waals surface area contributed by atoms with Crippen molar-refractivity contribution in [2.24, 2.45) is 7.05 Å². The molecule has 8 heteroatoms. The zero-order chi connectivity index (χ0) is 21.0. The van der Waals surface area contributed by atoms with E-state index in [1.54, 1.807) is 0 Å². The lowest BCUT2D eigenvalue weighted by Crippen LogP contribution is -2.11. The van der Waals surface area contributed by atoms with Gasteiger partial charge in [-0.15, -0.1) is 0 Å². The zero-order valence-electron chi connectivity index (χ0n) is 17.1. The number of rotatable bonds is 2. The van der Waals surface area contributed by atoms with Crippen molar-refractivity contribution < 1.29 is 14.2 Å². The monoisotopic (exact) mass is 401 g/mol. The van der Waals surface area contributed by atoms with E-state index < -0.39 is 5.82 Å². The minimum absolute atomic E-state index is 0.0513. The quantitative estimate of drug-likeness (QED) is 0.683. The molecule has 3 heterocycles. The molecule has 4 rings (SSSR count). The highest BCUT2D eigenvalue weighted by Crippen LogP contribution is 2.29. The Morgan fingerprint density at radius 2 is 2.10 bits per heavy atom. The van der Waals surface area contributed by atoms with Crippen molar-refractivity contribution in [2.45, 2.75) is 45.1 Å². The van der Waals surface area contributed by atoms with Crippen LogP contribution < -0.4 is 5.73 Å². The van der Waals surface area contributed by atoms with Crippen LogP contribution in [0.4, 0.5) is 10.3 Å². The molecule has 0 spiro atoms. The Labute approximate surface area is 169 Å². The van der Waals surface area contributed by atoms with Gasteiger partial charge in [-0.25, -0.2) is 14.4 Å². The molecule has 3 N–H and O–H groups in total. The fourth-order valence-corrected chi connectivity index (χ4v) is 3.52. The smallest absolute Gasteiger partial charge is 0.220 e. The van der Waals surface area contributed by atoms with Crippen LogP contribution >= 0.6 is 0 Å². The second-order valence-electron chi connectivity index (χ2n) is 7.54. The summed E-state index contributed by atoms with van der Waals surface area (Å²) < 4.78 is 20.8. The number of aliphatic hydroxyl groups excluding tert-OH is 1. The van der Waals surface area contributed by atoms with Crippen LogP contribution in [0.5, 0.6) is 0 Å². The maximum Gasteiger partial charge on any atom is 0.220 e. The molecular formula is C21H28FN5O2. The SMILES string of the molecule is CC(C)c1c2ccc(-c3nc(N)ncc3F)cc2nn1C.OC1CCCCOC1. The molecule has 2 aromatic heterocycles. The van der Waals surface area contributed by atoms with E-state index in [1.165, 1.54) is 0 Å². The molecule has 1 aliphatic heterocycles. The molecular weight excluding hydrogens is 373 g/mol.